The van der Waals surface area contributed by atoms with Gasteiger partial charge in [0.15, 0.2) is 0 Å². The van der Waals surface area contributed by atoms with Gasteiger partial charge in [-0.15, -0.1) is 0 Å². The third-order valence-electron chi connectivity index (χ3n) is 6.90. The minimum absolute atomic E-state index is 0.0451. The van der Waals surface area contributed by atoms with Gasteiger partial charge in [0, 0.05) is 18.9 Å². The molecule has 0 aromatic heterocycles. The van der Waals surface area contributed by atoms with Gasteiger partial charge < -0.3 is 20.5 Å². The molecule has 2 amide bonds. The first kappa shape index (κ1) is 26.3. The number of carbonyl (C=O) groups is 3. The highest BCUT2D eigenvalue weighted by atomic mass is 16.5. The Morgan fingerprint density at radius 2 is 1.57 bits per heavy atom. The van der Waals surface area contributed by atoms with Crippen LogP contribution in [-0.4, -0.2) is 42.3 Å². The highest BCUT2D eigenvalue weighted by molar-refractivity contribution is 5.86. The maximum Gasteiger partial charge on any atom is 0.407 e. The average Bonchev–Trinajstić information content (AvgIpc) is 3.18. The molecule has 0 radical (unpaired) electrons. The van der Waals surface area contributed by atoms with E-state index >= 15 is 0 Å². The number of fused-ring (bicyclic) bond motifs is 3. The molecule has 0 heterocycles. The molecular weight excluding hydrogens is 444 g/mol. The minimum Gasteiger partial charge on any atom is -0.481 e. The van der Waals surface area contributed by atoms with E-state index in [1.165, 1.54) is 0 Å². The molecule has 7 nitrogen and oxygen atoms in total. The average molecular weight is 481 g/mol. The smallest absolute Gasteiger partial charge is 0.407 e. The van der Waals surface area contributed by atoms with E-state index < -0.39 is 18.1 Å². The monoisotopic (exact) mass is 480 g/mol. The molecule has 35 heavy (non-hydrogen) atoms. The van der Waals surface area contributed by atoms with Gasteiger partial charge in [-0.05, 0) is 46.9 Å². The van der Waals surface area contributed by atoms with Crippen LogP contribution in [0.25, 0.3) is 11.1 Å². The van der Waals surface area contributed by atoms with E-state index in [0.717, 1.165) is 28.7 Å². The normalized spacial score (nSPS) is 14.8. The molecule has 188 valence electrons. The summed E-state index contributed by atoms with van der Waals surface area (Å²) in [6.07, 6.45) is 1.47. The van der Waals surface area contributed by atoms with Gasteiger partial charge in [-0.1, -0.05) is 75.7 Å². The molecule has 2 aromatic carbocycles. The molecule has 0 bridgehead atoms. The molecule has 0 saturated carbocycles. The van der Waals surface area contributed by atoms with E-state index in [-0.39, 0.29) is 36.7 Å². The fourth-order valence-corrected chi connectivity index (χ4v) is 4.53. The van der Waals surface area contributed by atoms with Crippen LogP contribution < -0.4 is 10.6 Å². The first-order chi connectivity index (χ1) is 16.8. The summed E-state index contributed by atoms with van der Waals surface area (Å²) in [6.45, 7) is 6.48. The lowest BCUT2D eigenvalue weighted by molar-refractivity contribution is -0.137. The van der Waals surface area contributed by atoms with Crippen LogP contribution in [0.1, 0.15) is 63.5 Å². The number of ether oxygens (including phenoxy) is 1. The van der Waals surface area contributed by atoms with E-state index in [9.17, 15) is 14.4 Å². The largest absolute Gasteiger partial charge is 0.481 e. The molecule has 7 heteroatoms. The predicted octanol–water partition coefficient (Wildman–Crippen LogP) is 4.95. The fraction of sp³-hybridized carbons (Fsp3) is 0.464. The molecule has 3 rings (SSSR count). The van der Waals surface area contributed by atoms with Gasteiger partial charge in [0.05, 0.1) is 0 Å². The molecule has 3 unspecified atom stereocenters. The molecule has 3 N–H and O–H groups in total. The third kappa shape index (κ3) is 6.84. The molecule has 0 aliphatic heterocycles. The van der Waals surface area contributed by atoms with E-state index in [4.69, 9.17) is 9.84 Å². The number of carboxylic acid groups (broad SMARTS) is 1. The first-order valence-corrected chi connectivity index (χ1v) is 12.4. The number of aliphatic carboxylic acids is 1. The van der Waals surface area contributed by atoms with Crippen LogP contribution >= 0.6 is 0 Å². The SMILES string of the molecule is CCC(C)C(NC(=O)OCC1c2ccccc2-c2ccccc21)C(=O)NCCC(C)CCC(=O)O. The zero-order chi connectivity index (χ0) is 25.4. The van der Waals surface area contributed by atoms with Crippen molar-refractivity contribution >= 4 is 18.0 Å². The Morgan fingerprint density at radius 1 is 0.971 bits per heavy atom. The summed E-state index contributed by atoms with van der Waals surface area (Å²) in [5.74, 6) is -0.997. The lowest BCUT2D eigenvalue weighted by Gasteiger charge is -2.24. The minimum atomic E-state index is -0.815. The Labute approximate surface area is 207 Å². The number of rotatable bonds is 12. The summed E-state index contributed by atoms with van der Waals surface area (Å²) in [4.78, 5) is 36.3. The summed E-state index contributed by atoms with van der Waals surface area (Å²) in [5, 5.41) is 14.5. The Bertz CT molecular complexity index is 992. The summed E-state index contributed by atoms with van der Waals surface area (Å²) in [7, 11) is 0. The second-order valence-corrected chi connectivity index (χ2v) is 9.45. The molecule has 2 aromatic rings. The van der Waals surface area contributed by atoms with Gasteiger partial charge in [0.2, 0.25) is 5.91 Å². The Morgan fingerprint density at radius 3 is 2.14 bits per heavy atom. The van der Waals surface area contributed by atoms with Crippen molar-refractivity contribution in [3.8, 4) is 11.1 Å². The number of carbonyl (C=O) groups excluding carboxylic acids is 2. The number of amides is 2. The van der Waals surface area contributed by atoms with Crippen molar-refractivity contribution in [3.63, 3.8) is 0 Å². The number of hydrogen-bond donors (Lipinski definition) is 3. The van der Waals surface area contributed by atoms with E-state index in [1.54, 1.807) is 0 Å². The molecule has 0 saturated heterocycles. The highest BCUT2D eigenvalue weighted by Gasteiger charge is 2.30. The standard InChI is InChI=1S/C28H36N2O5/c1-4-19(3)26(27(33)29-16-15-18(2)13-14-25(31)32)30-28(34)35-17-24-22-11-7-5-9-20(22)21-10-6-8-12-23(21)24/h5-12,18-19,24,26H,4,13-17H2,1-3H3,(H,29,33)(H,30,34)(H,31,32). The Kier molecular flexibility index (Phi) is 9.29. The topological polar surface area (TPSA) is 105 Å². The molecular formula is C28H36N2O5. The van der Waals surface area contributed by atoms with Crippen LogP contribution in [-0.2, 0) is 14.3 Å². The molecule has 3 atom stereocenters. The van der Waals surface area contributed by atoms with Crippen molar-refractivity contribution < 1.29 is 24.2 Å². The van der Waals surface area contributed by atoms with Crippen molar-refractivity contribution in [2.75, 3.05) is 13.2 Å². The molecule has 1 aliphatic rings. The van der Waals surface area contributed by atoms with Crippen molar-refractivity contribution in [3.05, 3.63) is 59.7 Å². The molecule has 0 fully saturated rings. The predicted molar refractivity (Wildman–Crippen MR) is 135 cm³/mol. The Hall–Kier alpha value is -3.35. The Balaban J connectivity index is 1.55. The van der Waals surface area contributed by atoms with Gasteiger partial charge in [-0.2, -0.15) is 0 Å². The zero-order valence-corrected chi connectivity index (χ0v) is 20.8. The maximum atomic E-state index is 12.8. The van der Waals surface area contributed by atoms with Gasteiger partial charge in [0.25, 0.3) is 0 Å². The molecule has 1 aliphatic carbocycles. The van der Waals surface area contributed by atoms with E-state index in [1.807, 2.05) is 45.0 Å². The quantitative estimate of drug-likeness (QED) is 0.399. The van der Waals surface area contributed by atoms with Crippen LogP contribution in [0.15, 0.2) is 48.5 Å². The summed E-state index contributed by atoms with van der Waals surface area (Å²) >= 11 is 0. The van der Waals surface area contributed by atoms with Crippen molar-refractivity contribution in [1.82, 2.24) is 10.6 Å². The number of benzene rings is 2. The summed E-state index contributed by atoms with van der Waals surface area (Å²) < 4.78 is 5.63. The number of alkyl carbamates (subject to hydrolysis) is 1. The zero-order valence-electron chi connectivity index (χ0n) is 20.8. The summed E-state index contributed by atoms with van der Waals surface area (Å²) in [6, 6.07) is 15.6. The van der Waals surface area contributed by atoms with Gasteiger partial charge in [0.1, 0.15) is 12.6 Å². The van der Waals surface area contributed by atoms with Crippen molar-refractivity contribution in [2.45, 2.75) is 58.4 Å². The van der Waals surface area contributed by atoms with Gasteiger partial charge >= 0.3 is 12.1 Å². The lowest BCUT2D eigenvalue weighted by atomic mass is 9.97. The highest BCUT2D eigenvalue weighted by Crippen LogP contribution is 2.44. The van der Waals surface area contributed by atoms with Crippen LogP contribution in [0, 0.1) is 11.8 Å². The third-order valence-corrected chi connectivity index (χ3v) is 6.90. The van der Waals surface area contributed by atoms with Crippen LogP contribution in [0.3, 0.4) is 0 Å². The van der Waals surface area contributed by atoms with Crippen molar-refractivity contribution in [2.24, 2.45) is 11.8 Å². The lowest BCUT2D eigenvalue weighted by Crippen LogP contribution is -2.50. The van der Waals surface area contributed by atoms with Crippen LogP contribution in [0.5, 0.6) is 0 Å². The molecule has 0 spiro atoms. The number of carboxylic acids is 1. The fourth-order valence-electron chi connectivity index (χ4n) is 4.53. The first-order valence-electron chi connectivity index (χ1n) is 12.4. The van der Waals surface area contributed by atoms with Gasteiger partial charge in [-0.3, -0.25) is 9.59 Å². The van der Waals surface area contributed by atoms with Crippen LogP contribution in [0.4, 0.5) is 4.79 Å². The number of nitrogens with one attached hydrogen (secondary N) is 2. The summed E-state index contributed by atoms with van der Waals surface area (Å²) in [5.41, 5.74) is 4.59. The second kappa shape index (κ2) is 12.4. The maximum absolute atomic E-state index is 12.8. The van der Waals surface area contributed by atoms with Crippen molar-refractivity contribution in [1.29, 1.82) is 0 Å². The second-order valence-electron chi connectivity index (χ2n) is 9.45. The number of hydrogen-bond acceptors (Lipinski definition) is 4. The van der Waals surface area contributed by atoms with Gasteiger partial charge in [-0.25, -0.2) is 4.79 Å². The van der Waals surface area contributed by atoms with Crippen LogP contribution in [0.2, 0.25) is 0 Å². The van der Waals surface area contributed by atoms with E-state index in [0.29, 0.717) is 19.4 Å². The van der Waals surface area contributed by atoms with E-state index in [2.05, 4.69) is 34.9 Å².